The van der Waals surface area contributed by atoms with E-state index in [2.05, 4.69) is 10.4 Å². The minimum absolute atomic E-state index is 0.389. The number of carbonyl (C=O) groups is 1. The smallest absolute Gasteiger partial charge is 0.248 e. The summed E-state index contributed by atoms with van der Waals surface area (Å²) >= 11 is 5.49. The molecule has 0 unspecified atom stereocenters. The Kier molecular flexibility index (Phi) is 4.67. The molecule has 0 atom stereocenters. The van der Waals surface area contributed by atoms with Crippen LogP contribution in [-0.4, -0.2) is 27.8 Å². The number of nitrogens with two attached hydrogens (primary N) is 1. The van der Waals surface area contributed by atoms with Gasteiger partial charge in [0.25, 0.3) is 0 Å². The fraction of sp³-hybridized carbons (Fsp3) is 0.167. The van der Waals surface area contributed by atoms with Crippen LogP contribution in [0, 0.1) is 0 Å². The molecule has 3 N–H and O–H groups in total. The highest BCUT2D eigenvalue weighted by molar-refractivity contribution is 7.80. The Morgan fingerprint density at radius 1 is 1.36 bits per heavy atom. The average molecular weight is 354 g/mol. The predicted molar refractivity (Wildman–Crippen MR) is 102 cm³/mol. The van der Waals surface area contributed by atoms with Gasteiger partial charge in [0, 0.05) is 24.4 Å². The lowest BCUT2D eigenvalue weighted by Crippen LogP contribution is -2.15. The molecule has 6 nitrogen and oxygen atoms in total. The summed E-state index contributed by atoms with van der Waals surface area (Å²) in [5, 5.41) is 8.50. The second-order valence-electron chi connectivity index (χ2n) is 5.62. The van der Waals surface area contributed by atoms with E-state index < -0.39 is 5.91 Å². The molecule has 2 aromatic carbocycles. The van der Waals surface area contributed by atoms with Gasteiger partial charge in [0.05, 0.1) is 29.5 Å². The lowest BCUT2D eigenvalue weighted by molar-refractivity contribution is 0.100. The number of ether oxygens (including phenoxy) is 1. The molecule has 25 heavy (non-hydrogen) atoms. The normalized spacial score (nSPS) is 10.6. The highest BCUT2D eigenvalue weighted by atomic mass is 32.1. The third-order valence-corrected chi connectivity index (χ3v) is 4.24. The van der Waals surface area contributed by atoms with Gasteiger partial charge in [0.1, 0.15) is 5.75 Å². The van der Waals surface area contributed by atoms with Crippen molar-refractivity contribution in [2.24, 2.45) is 12.8 Å². The summed E-state index contributed by atoms with van der Waals surface area (Å²) in [5.74, 6) is 0.0867. The van der Waals surface area contributed by atoms with E-state index in [1.54, 1.807) is 25.3 Å². The number of nitrogens with zero attached hydrogens (tertiary/aromatic N) is 2. The summed E-state index contributed by atoms with van der Waals surface area (Å²) in [6.07, 6.45) is 2.38. The van der Waals surface area contributed by atoms with Crippen molar-refractivity contribution in [3.8, 4) is 5.75 Å². The first-order valence-electron chi connectivity index (χ1n) is 7.67. The van der Waals surface area contributed by atoms with E-state index in [0.717, 1.165) is 16.5 Å². The van der Waals surface area contributed by atoms with Crippen molar-refractivity contribution < 1.29 is 9.53 Å². The number of amides is 1. The van der Waals surface area contributed by atoms with Gasteiger partial charge in [-0.05, 0) is 29.8 Å². The van der Waals surface area contributed by atoms with Crippen LogP contribution in [0.1, 0.15) is 15.9 Å². The van der Waals surface area contributed by atoms with Gasteiger partial charge in [-0.25, -0.2) is 0 Å². The van der Waals surface area contributed by atoms with E-state index in [1.807, 2.05) is 36.1 Å². The zero-order valence-electron chi connectivity index (χ0n) is 13.9. The Hall–Kier alpha value is -2.93. The van der Waals surface area contributed by atoms with Gasteiger partial charge in [0.2, 0.25) is 5.91 Å². The Bertz CT molecular complexity index is 965. The van der Waals surface area contributed by atoms with Crippen LogP contribution in [0.3, 0.4) is 0 Å². The predicted octanol–water partition coefficient (Wildman–Crippen LogP) is 2.66. The maximum Gasteiger partial charge on any atom is 0.248 e. The molecule has 1 heterocycles. The summed E-state index contributed by atoms with van der Waals surface area (Å²) in [5.41, 5.74) is 8.47. The number of thiocarbonyl (C=S) groups is 1. The third-order valence-electron chi connectivity index (χ3n) is 3.99. The van der Waals surface area contributed by atoms with Gasteiger partial charge in [-0.1, -0.05) is 24.4 Å². The molecule has 0 aliphatic heterocycles. The Labute approximate surface area is 150 Å². The largest absolute Gasteiger partial charge is 0.495 e. The Balaban J connectivity index is 1.85. The molecule has 3 rings (SSSR count). The van der Waals surface area contributed by atoms with Crippen LogP contribution in [0.4, 0.5) is 5.69 Å². The van der Waals surface area contributed by atoms with Gasteiger partial charge in [-0.15, -0.1) is 0 Å². The zero-order valence-corrected chi connectivity index (χ0v) is 14.8. The summed E-state index contributed by atoms with van der Waals surface area (Å²) in [7, 11) is 3.47. The quantitative estimate of drug-likeness (QED) is 0.689. The number of fused-ring (bicyclic) bond motifs is 1. The third kappa shape index (κ3) is 3.46. The molecule has 1 aromatic heterocycles. The first-order chi connectivity index (χ1) is 12.0. The average Bonchev–Trinajstić information content (AvgIpc) is 2.97. The number of benzene rings is 2. The highest BCUT2D eigenvalue weighted by Gasteiger charge is 2.11. The second-order valence-corrected chi connectivity index (χ2v) is 6.12. The number of anilines is 1. The molecule has 0 saturated carbocycles. The first-order valence-corrected chi connectivity index (χ1v) is 8.07. The lowest BCUT2D eigenvalue weighted by Gasteiger charge is -2.13. The van der Waals surface area contributed by atoms with Crippen LogP contribution < -0.4 is 15.8 Å². The van der Waals surface area contributed by atoms with E-state index in [1.165, 1.54) is 0 Å². The summed E-state index contributed by atoms with van der Waals surface area (Å²) in [4.78, 5) is 12.0. The van der Waals surface area contributed by atoms with E-state index >= 15 is 0 Å². The minimum atomic E-state index is -0.503. The number of rotatable bonds is 5. The number of hydrogen-bond donors (Lipinski definition) is 2. The number of hydrogen-bond acceptors (Lipinski definition) is 4. The van der Waals surface area contributed by atoms with Gasteiger partial charge in [-0.2, -0.15) is 5.10 Å². The molecule has 0 fully saturated rings. The van der Waals surface area contributed by atoms with Crippen LogP contribution in [-0.2, 0) is 13.5 Å². The first kappa shape index (κ1) is 16.9. The fourth-order valence-corrected chi connectivity index (χ4v) is 2.98. The van der Waals surface area contributed by atoms with E-state index in [0.29, 0.717) is 28.4 Å². The van der Waals surface area contributed by atoms with Gasteiger partial charge < -0.3 is 15.8 Å². The molecule has 0 aliphatic carbocycles. The number of nitrogens with one attached hydrogen (secondary N) is 1. The van der Waals surface area contributed by atoms with Crippen molar-refractivity contribution in [2.45, 2.75) is 6.42 Å². The second kappa shape index (κ2) is 6.90. The number of primary amides is 1. The van der Waals surface area contributed by atoms with Crippen LogP contribution in [0.5, 0.6) is 5.75 Å². The molecule has 0 aliphatic rings. The van der Waals surface area contributed by atoms with Crippen molar-refractivity contribution in [3.05, 3.63) is 53.7 Å². The summed E-state index contributed by atoms with van der Waals surface area (Å²) < 4.78 is 7.15. The SMILES string of the molecule is COc1ccc(C(N)=O)cc1NC(=S)Cc1cccc2c1cnn2C. The number of aryl methyl sites for hydroxylation is 1. The number of methoxy groups -OCH3 is 1. The molecule has 0 radical (unpaired) electrons. The van der Waals surface area contributed by atoms with E-state index in [9.17, 15) is 4.79 Å². The van der Waals surface area contributed by atoms with E-state index in [-0.39, 0.29) is 0 Å². The lowest BCUT2D eigenvalue weighted by atomic mass is 10.1. The number of aromatic nitrogens is 2. The molecule has 128 valence electrons. The Morgan fingerprint density at radius 2 is 2.16 bits per heavy atom. The highest BCUT2D eigenvalue weighted by Crippen LogP contribution is 2.26. The van der Waals surface area contributed by atoms with Crippen molar-refractivity contribution in [3.63, 3.8) is 0 Å². The molecular formula is C18H18N4O2S. The zero-order chi connectivity index (χ0) is 18.0. The molecule has 0 bridgehead atoms. The van der Waals surface area contributed by atoms with Gasteiger partial charge >= 0.3 is 0 Å². The minimum Gasteiger partial charge on any atom is -0.495 e. The topological polar surface area (TPSA) is 82.2 Å². The monoisotopic (exact) mass is 354 g/mol. The van der Waals surface area contributed by atoms with Gasteiger partial charge in [-0.3, -0.25) is 9.48 Å². The van der Waals surface area contributed by atoms with Crippen molar-refractivity contribution in [1.29, 1.82) is 0 Å². The van der Waals surface area contributed by atoms with Crippen molar-refractivity contribution in [1.82, 2.24) is 9.78 Å². The molecule has 1 amide bonds. The molecular weight excluding hydrogens is 336 g/mol. The maximum atomic E-state index is 11.4. The molecule has 0 saturated heterocycles. The van der Waals surface area contributed by atoms with Crippen LogP contribution >= 0.6 is 12.2 Å². The van der Waals surface area contributed by atoms with Crippen LogP contribution in [0.2, 0.25) is 0 Å². The van der Waals surface area contributed by atoms with E-state index in [4.69, 9.17) is 22.7 Å². The van der Waals surface area contributed by atoms with Crippen molar-refractivity contribution >= 4 is 39.7 Å². The Morgan fingerprint density at radius 3 is 2.88 bits per heavy atom. The van der Waals surface area contributed by atoms with Crippen molar-refractivity contribution in [2.75, 3.05) is 12.4 Å². The number of carbonyl (C=O) groups excluding carboxylic acids is 1. The van der Waals surface area contributed by atoms with Crippen LogP contribution in [0.25, 0.3) is 10.9 Å². The molecule has 3 aromatic rings. The van der Waals surface area contributed by atoms with Gasteiger partial charge in [0.15, 0.2) is 0 Å². The standard InChI is InChI=1S/C18H18N4O2S/c1-22-15-5-3-4-11(13(15)10-20-22)9-17(25)21-14-8-12(18(19)23)6-7-16(14)24-2/h3-8,10H,9H2,1-2H3,(H2,19,23)(H,21,25). The van der Waals surface area contributed by atoms with Crippen LogP contribution in [0.15, 0.2) is 42.6 Å². The summed E-state index contributed by atoms with van der Waals surface area (Å²) in [6.45, 7) is 0. The molecule has 0 spiro atoms. The molecule has 7 heteroatoms. The maximum absolute atomic E-state index is 11.4. The summed E-state index contributed by atoms with van der Waals surface area (Å²) in [6, 6.07) is 11.0. The fourth-order valence-electron chi connectivity index (χ4n) is 2.72.